The van der Waals surface area contributed by atoms with E-state index in [-0.39, 0.29) is 48.1 Å². The van der Waals surface area contributed by atoms with Crippen LogP contribution in [0.4, 0.5) is 4.79 Å². The first-order chi connectivity index (χ1) is 18.5. The molecule has 2 heterocycles. The summed E-state index contributed by atoms with van der Waals surface area (Å²) in [6, 6.07) is 9.85. The number of carbonyl (C=O) groups is 2. The summed E-state index contributed by atoms with van der Waals surface area (Å²) in [5.41, 5.74) is 0.831. The van der Waals surface area contributed by atoms with E-state index in [0.29, 0.717) is 21.6 Å². The van der Waals surface area contributed by atoms with Gasteiger partial charge in [-0.05, 0) is 49.4 Å². The van der Waals surface area contributed by atoms with E-state index in [1.54, 1.807) is 23.6 Å². The van der Waals surface area contributed by atoms with Crippen LogP contribution in [0.5, 0.6) is 0 Å². The summed E-state index contributed by atoms with van der Waals surface area (Å²) >= 11 is 1.12. The van der Waals surface area contributed by atoms with Crippen molar-refractivity contribution in [2.75, 3.05) is 32.8 Å². The van der Waals surface area contributed by atoms with E-state index in [2.05, 4.69) is 11.6 Å². The van der Waals surface area contributed by atoms with Crippen molar-refractivity contribution in [2.24, 2.45) is 10.1 Å². The Morgan fingerprint density at radius 1 is 1.05 bits per heavy atom. The maximum Gasteiger partial charge on any atom is 0.409 e. The molecule has 2 N–H and O–H groups in total. The number of benzene rings is 2. The van der Waals surface area contributed by atoms with Crippen LogP contribution in [0.2, 0.25) is 0 Å². The van der Waals surface area contributed by atoms with Crippen molar-refractivity contribution in [3.05, 3.63) is 65.5 Å². The largest absolute Gasteiger partial charge is 0.450 e. The van der Waals surface area contributed by atoms with Crippen LogP contribution in [0.15, 0.2) is 69.9 Å². The van der Waals surface area contributed by atoms with Crippen molar-refractivity contribution < 1.29 is 31.2 Å². The van der Waals surface area contributed by atoms with Crippen LogP contribution >= 0.6 is 11.3 Å². The Bertz CT molecular complexity index is 1700. The van der Waals surface area contributed by atoms with E-state index in [4.69, 9.17) is 9.88 Å². The maximum absolute atomic E-state index is 13.1. The molecule has 1 aliphatic rings. The number of carbonyl (C=O) groups excluding carboxylic acids is 2. The molecule has 0 atom stereocenters. The number of nitrogens with zero attached hydrogens (tertiary/aromatic N) is 4. The van der Waals surface area contributed by atoms with E-state index in [1.165, 1.54) is 45.6 Å². The average molecular weight is 594 g/mol. The van der Waals surface area contributed by atoms with Gasteiger partial charge in [0.1, 0.15) is 0 Å². The minimum Gasteiger partial charge on any atom is -0.450 e. The molecule has 1 aliphatic heterocycles. The number of aromatic nitrogens is 1. The molecule has 0 bridgehead atoms. The summed E-state index contributed by atoms with van der Waals surface area (Å²) in [6.07, 6.45) is 1.15. The number of ether oxygens (including phenoxy) is 1. The second-order valence-electron chi connectivity index (χ2n) is 8.49. The van der Waals surface area contributed by atoms with Crippen LogP contribution in [0.25, 0.3) is 10.2 Å². The minimum absolute atomic E-state index is 0.0164. The lowest BCUT2D eigenvalue weighted by Gasteiger charge is -2.33. The van der Waals surface area contributed by atoms with Gasteiger partial charge in [0.25, 0.3) is 5.91 Å². The Labute approximate surface area is 229 Å². The third-order valence-electron chi connectivity index (χ3n) is 6.00. The highest BCUT2D eigenvalue weighted by molar-refractivity contribution is 7.89. The normalized spacial score (nSPS) is 15.4. The lowest BCUT2D eigenvalue weighted by atomic mass is 10.2. The van der Waals surface area contributed by atoms with Gasteiger partial charge in [0.05, 0.1) is 26.6 Å². The number of nitrogens with two attached hydrogens (primary N) is 1. The summed E-state index contributed by atoms with van der Waals surface area (Å²) in [7, 11) is -7.74. The fourth-order valence-corrected chi connectivity index (χ4v) is 7.13. The number of piperazine rings is 1. The first-order valence-electron chi connectivity index (χ1n) is 11.8. The molecule has 0 unspecified atom stereocenters. The van der Waals surface area contributed by atoms with Gasteiger partial charge in [0.2, 0.25) is 20.0 Å². The van der Waals surface area contributed by atoms with Gasteiger partial charge < -0.3 is 14.2 Å². The molecule has 3 aromatic rings. The summed E-state index contributed by atoms with van der Waals surface area (Å²) in [5.74, 6) is -0.599. The second-order valence-corrected chi connectivity index (χ2v) is 13.0. The Hall–Kier alpha value is -3.37. The highest BCUT2D eigenvalue weighted by Crippen LogP contribution is 2.22. The third kappa shape index (κ3) is 6.12. The zero-order chi connectivity index (χ0) is 28.4. The fraction of sp³-hybridized carbons (Fsp3) is 0.292. The smallest absolute Gasteiger partial charge is 0.409 e. The number of amides is 2. The summed E-state index contributed by atoms with van der Waals surface area (Å²) in [4.78, 5) is 30.8. The zero-order valence-corrected chi connectivity index (χ0v) is 23.5. The lowest BCUT2D eigenvalue weighted by Crippen LogP contribution is -2.50. The molecule has 0 saturated carbocycles. The molecule has 15 heteroatoms. The Morgan fingerprint density at radius 2 is 1.69 bits per heavy atom. The molecule has 2 aromatic carbocycles. The summed E-state index contributed by atoms with van der Waals surface area (Å²) in [6.45, 7) is 6.67. The van der Waals surface area contributed by atoms with Gasteiger partial charge in [0, 0.05) is 38.3 Å². The molecule has 0 radical (unpaired) electrons. The Morgan fingerprint density at radius 3 is 2.28 bits per heavy atom. The number of hydrogen-bond acceptors (Lipinski definition) is 8. The molecule has 0 aliphatic carbocycles. The number of sulfonamides is 2. The summed E-state index contributed by atoms with van der Waals surface area (Å²) in [5, 5.41) is 5.24. The molecule has 208 valence electrons. The van der Waals surface area contributed by atoms with Gasteiger partial charge in [0.15, 0.2) is 4.80 Å². The first kappa shape index (κ1) is 28.6. The second kappa shape index (κ2) is 11.4. The predicted octanol–water partition coefficient (Wildman–Crippen LogP) is 1.74. The molecule has 39 heavy (non-hydrogen) atoms. The van der Waals surface area contributed by atoms with Gasteiger partial charge in [-0.2, -0.15) is 9.30 Å². The molecular weight excluding hydrogens is 566 g/mol. The molecule has 2 amide bonds. The number of thiazole rings is 1. The van der Waals surface area contributed by atoms with Crippen molar-refractivity contribution in [2.45, 2.75) is 23.3 Å². The van der Waals surface area contributed by atoms with Crippen LogP contribution in [-0.4, -0.2) is 75.4 Å². The minimum atomic E-state index is -3.91. The van der Waals surface area contributed by atoms with Crippen LogP contribution in [0.3, 0.4) is 0 Å². The lowest BCUT2D eigenvalue weighted by molar-refractivity contribution is 0.0933. The monoisotopic (exact) mass is 593 g/mol. The standard InChI is InChI=1S/C24H27N5O7S3/c1-3-11-29-20-10-9-19(38(25,32)33)16-21(20)37-23(29)26-22(30)17-5-7-18(8-6-17)39(34,35)28-14-12-27(13-15-28)24(31)36-4-2/h3,5-10,16H,1,4,11-15H2,2H3,(H2,25,32,33). The highest BCUT2D eigenvalue weighted by atomic mass is 32.2. The number of hydrogen-bond donors (Lipinski definition) is 1. The quantitative estimate of drug-likeness (QED) is 0.408. The molecule has 1 fully saturated rings. The van der Waals surface area contributed by atoms with Crippen LogP contribution in [0, 0.1) is 0 Å². The van der Waals surface area contributed by atoms with Crippen LogP contribution < -0.4 is 9.94 Å². The average Bonchev–Trinajstić information content (AvgIpc) is 3.24. The van der Waals surface area contributed by atoms with E-state index >= 15 is 0 Å². The number of rotatable bonds is 7. The van der Waals surface area contributed by atoms with Gasteiger partial charge in [-0.1, -0.05) is 17.4 Å². The SMILES string of the molecule is C=CCn1c(=NC(=O)c2ccc(S(=O)(=O)N3CCN(C(=O)OCC)CC3)cc2)sc2cc(S(N)(=O)=O)ccc21. The molecular formula is C24H27N5O7S3. The van der Waals surface area contributed by atoms with Crippen molar-refractivity contribution in [3.8, 4) is 0 Å². The van der Waals surface area contributed by atoms with Gasteiger partial charge in [-0.25, -0.2) is 26.8 Å². The first-order valence-corrected chi connectivity index (χ1v) is 15.6. The van der Waals surface area contributed by atoms with E-state index in [9.17, 15) is 26.4 Å². The van der Waals surface area contributed by atoms with Gasteiger partial charge in [-0.15, -0.1) is 6.58 Å². The van der Waals surface area contributed by atoms with E-state index in [1.807, 2.05) is 0 Å². The Balaban J connectivity index is 1.57. The predicted molar refractivity (Wildman–Crippen MR) is 145 cm³/mol. The molecule has 1 saturated heterocycles. The fourth-order valence-electron chi connectivity index (χ4n) is 4.02. The van der Waals surface area contributed by atoms with Crippen LogP contribution in [-0.2, 0) is 31.3 Å². The van der Waals surface area contributed by atoms with Crippen molar-refractivity contribution in [1.82, 2.24) is 13.8 Å². The molecule has 1 aromatic heterocycles. The van der Waals surface area contributed by atoms with Crippen molar-refractivity contribution in [3.63, 3.8) is 0 Å². The van der Waals surface area contributed by atoms with Crippen LogP contribution in [0.1, 0.15) is 17.3 Å². The number of fused-ring (bicyclic) bond motifs is 1. The molecule has 0 spiro atoms. The maximum atomic E-state index is 13.1. The highest BCUT2D eigenvalue weighted by Gasteiger charge is 2.30. The number of allylic oxidation sites excluding steroid dienone is 1. The topological polar surface area (TPSA) is 161 Å². The molecule has 12 nitrogen and oxygen atoms in total. The molecule has 4 rings (SSSR count). The van der Waals surface area contributed by atoms with Gasteiger partial charge in [-0.3, -0.25) is 4.79 Å². The Kier molecular flexibility index (Phi) is 8.37. The van der Waals surface area contributed by atoms with Crippen molar-refractivity contribution >= 4 is 53.6 Å². The third-order valence-corrected chi connectivity index (χ3v) is 9.86. The van der Waals surface area contributed by atoms with Crippen molar-refractivity contribution in [1.29, 1.82) is 0 Å². The van der Waals surface area contributed by atoms with Gasteiger partial charge >= 0.3 is 6.09 Å². The van der Waals surface area contributed by atoms with E-state index < -0.39 is 32.0 Å². The number of primary sulfonamides is 1. The zero-order valence-electron chi connectivity index (χ0n) is 21.0. The van der Waals surface area contributed by atoms with E-state index in [0.717, 1.165) is 11.3 Å². The summed E-state index contributed by atoms with van der Waals surface area (Å²) < 4.78 is 58.2.